The SMILES string of the molecule is O=C(NN(C(=O)Cc1ccccc1)C1CC(=O)N(c2ccc(F)cc2)C1=O)c1ccccc1. The van der Waals surface area contributed by atoms with Gasteiger partial charge in [-0.3, -0.25) is 24.6 Å². The van der Waals surface area contributed by atoms with Crippen molar-refractivity contribution in [2.24, 2.45) is 0 Å². The zero-order valence-electron chi connectivity index (χ0n) is 17.5. The highest BCUT2D eigenvalue weighted by atomic mass is 19.1. The van der Waals surface area contributed by atoms with E-state index in [1.807, 2.05) is 6.07 Å². The highest BCUT2D eigenvalue weighted by Crippen LogP contribution is 2.26. The van der Waals surface area contributed by atoms with E-state index in [1.165, 1.54) is 12.1 Å². The van der Waals surface area contributed by atoms with Gasteiger partial charge in [-0.1, -0.05) is 48.5 Å². The lowest BCUT2D eigenvalue weighted by Gasteiger charge is -2.28. The summed E-state index contributed by atoms with van der Waals surface area (Å²) in [6, 6.07) is 20.8. The van der Waals surface area contributed by atoms with Crippen LogP contribution in [0, 0.1) is 5.82 Å². The summed E-state index contributed by atoms with van der Waals surface area (Å²) in [4.78, 5) is 52.7. The summed E-state index contributed by atoms with van der Waals surface area (Å²) >= 11 is 0. The molecule has 0 aliphatic carbocycles. The number of hydrogen-bond acceptors (Lipinski definition) is 4. The van der Waals surface area contributed by atoms with Gasteiger partial charge < -0.3 is 0 Å². The van der Waals surface area contributed by atoms with Crippen molar-refractivity contribution in [1.29, 1.82) is 0 Å². The number of hydrogen-bond donors (Lipinski definition) is 1. The van der Waals surface area contributed by atoms with Crippen LogP contribution in [0.15, 0.2) is 84.9 Å². The van der Waals surface area contributed by atoms with Gasteiger partial charge in [0.25, 0.3) is 11.8 Å². The molecule has 1 aliphatic rings. The maximum Gasteiger partial charge on any atom is 0.269 e. The second-order valence-corrected chi connectivity index (χ2v) is 7.50. The van der Waals surface area contributed by atoms with E-state index in [0.717, 1.165) is 22.0 Å². The lowest BCUT2D eigenvalue weighted by atomic mass is 10.1. The van der Waals surface area contributed by atoms with Crippen LogP contribution >= 0.6 is 0 Å². The third-order valence-corrected chi connectivity index (χ3v) is 5.24. The first-order chi connectivity index (χ1) is 15.9. The molecule has 3 aromatic rings. The molecule has 4 rings (SSSR count). The molecule has 0 bridgehead atoms. The van der Waals surface area contributed by atoms with Gasteiger partial charge in [0.15, 0.2) is 0 Å². The number of halogens is 1. The number of nitrogens with zero attached hydrogens (tertiary/aromatic N) is 2. The highest BCUT2D eigenvalue weighted by Gasteiger charge is 2.45. The van der Waals surface area contributed by atoms with Crippen LogP contribution in [-0.4, -0.2) is 34.7 Å². The van der Waals surface area contributed by atoms with Gasteiger partial charge in [0, 0.05) is 5.56 Å². The fourth-order valence-corrected chi connectivity index (χ4v) is 3.61. The van der Waals surface area contributed by atoms with E-state index >= 15 is 0 Å². The van der Waals surface area contributed by atoms with Crippen molar-refractivity contribution in [2.45, 2.75) is 18.9 Å². The summed E-state index contributed by atoms with van der Waals surface area (Å²) in [5.74, 6) is -2.87. The Hall–Kier alpha value is -4.33. The largest absolute Gasteiger partial charge is 0.274 e. The Morgan fingerprint density at radius 3 is 2.15 bits per heavy atom. The molecule has 0 saturated carbocycles. The van der Waals surface area contributed by atoms with Crippen molar-refractivity contribution in [1.82, 2.24) is 10.4 Å². The van der Waals surface area contributed by atoms with Crippen LogP contribution in [0.25, 0.3) is 0 Å². The second kappa shape index (κ2) is 9.44. The molecule has 1 N–H and O–H groups in total. The fourth-order valence-electron chi connectivity index (χ4n) is 3.61. The van der Waals surface area contributed by atoms with E-state index in [0.29, 0.717) is 11.1 Å². The summed E-state index contributed by atoms with van der Waals surface area (Å²) in [5.41, 5.74) is 3.69. The van der Waals surface area contributed by atoms with E-state index in [2.05, 4.69) is 5.43 Å². The molecule has 1 heterocycles. The number of nitrogens with one attached hydrogen (secondary N) is 1. The highest BCUT2D eigenvalue weighted by molar-refractivity contribution is 6.23. The smallest absolute Gasteiger partial charge is 0.269 e. The normalized spacial score (nSPS) is 15.4. The summed E-state index contributed by atoms with van der Waals surface area (Å²) in [6.45, 7) is 0. The number of amides is 4. The van der Waals surface area contributed by atoms with Crippen molar-refractivity contribution in [2.75, 3.05) is 4.90 Å². The first-order valence-electron chi connectivity index (χ1n) is 10.3. The molecule has 0 radical (unpaired) electrons. The number of rotatable bonds is 5. The van der Waals surface area contributed by atoms with Crippen LogP contribution < -0.4 is 10.3 Å². The summed E-state index contributed by atoms with van der Waals surface area (Å²) in [6.07, 6.45) is -0.393. The molecule has 33 heavy (non-hydrogen) atoms. The average Bonchev–Trinajstić information content (AvgIpc) is 3.12. The summed E-state index contributed by atoms with van der Waals surface area (Å²) < 4.78 is 13.3. The van der Waals surface area contributed by atoms with Crippen molar-refractivity contribution < 1.29 is 23.6 Å². The number of anilines is 1. The predicted molar refractivity (Wildman–Crippen MR) is 118 cm³/mol. The Morgan fingerprint density at radius 1 is 0.909 bits per heavy atom. The van der Waals surface area contributed by atoms with Gasteiger partial charge in [-0.2, -0.15) is 0 Å². The van der Waals surface area contributed by atoms with Crippen LogP contribution in [0.5, 0.6) is 0 Å². The van der Waals surface area contributed by atoms with Gasteiger partial charge in [0.2, 0.25) is 11.8 Å². The predicted octanol–water partition coefficient (Wildman–Crippen LogP) is 2.87. The molecular formula is C25H20FN3O4. The van der Waals surface area contributed by atoms with Crippen molar-refractivity contribution >= 4 is 29.3 Å². The van der Waals surface area contributed by atoms with E-state index < -0.39 is 35.5 Å². The van der Waals surface area contributed by atoms with Crippen molar-refractivity contribution in [3.63, 3.8) is 0 Å². The molecule has 0 aromatic heterocycles. The number of carbonyl (C=O) groups excluding carboxylic acids is 4. The Labute approximate surface area is 189 Å². The second-order valence-electron chi connectivity index (χ2n) is 7.50. The molecule has 1 atom stereocenters. The van der Waals surface area contributed by atoms with E-state index in [1.54, 1.807) is 54.6 Å². The topological polar surface area (TPSA) is 86.8 Å². The maximum atomic E-state index is 13.3. The van der Waals surface area contributed by atoms with E-state index in [-0.39, 0.29) is 18.5 Å². The molecule has 0 spiro atoms. The molecule has 7 nitrogen and oxygen atoms in total. The molecule has 166 valence electrons. The lowest BCUT2D eigenvalue weighted by Crippen LogP contribution is -2.55. The van der Waals surface area contributed by atoms with Crippen molar-refractivity contribution in [3.8, 4) is 0 Å². The molecular weight excluding hydrogens is 425 g/mol. The van der Waals surface area contributed by atoms with Gasteiger partial charge in [0.05, 0.1) is 18.5 Å². The number of carbonyl (C=O) groups is 4. The van der Waals surface area contributed by atoms with Crippen LogP contribution in [-0.2, 0) is 20.8 Å². The van der Waals surface area contributed by atoms with Gasteiger partial charge in [-0.25, -0.2) is 14.3 Å². The average molecular weight is 445 g/mol. The number of hydrazine groups is 1. The minimum Gasteiger partial charge on any atom is -0.274 e. The monoisotopic (exact) mass is 445 g/mol. The molecule has 1 aliphatic heterocycles. The van der Waals surface area contributed by atoms with Crippen LogP contribution in [0.3, 0.4) is 0 Å². The van der Waals surface area contributed by atoms with Gasteiger partial charge in [-0.05, 0) is 42.0 Å². The first kappa shape index (κ1) is 21.9. The Balaban J connectivity index is 1.62. The zero-order valence-corrected chi connectivity index (χ0v) is 17.5. The fraction of sp³-hybridized carbons (Fsp3) is 0.120. The standard InChI is InChI=1S/C25H20FN3O4/c26-19-11-13-20(14-12-19)28-22(30)16-21(25(28)33)29(23(31)15-17-7-3-1-4-8-17)27-24(32)18-9-5-2-6-10-18/h1-14,21H,15-16H2,(H,27,32). The van der Waals surface area contributed by atoms with Gasteiger partial charge >= 0.3 is 0 Å². The lowest BCUT2D eigenvalue weighted by molar-refractivity contribution is -0.140. The Morgan fingerprint density at radius 2 is 1.52 bits per heavy atom. The quantitative estimate of drug-likeness (QED) is 0.483. The third-order valence-electron chi connectivity index (χ3n) is 5.24. The third kappa shape index (κ3) is 4.79. The van der Waals surface area contributed by atoms with E-state index in [4.69, 9.17) is 0 Å². The molecule has 8 heteroatoms. The van der Waals surface area contributed by atoms with Gasteiger partial charge in [-0.15, -0.1) is 0 Å². The number of imide groups is 1. The van der Waals surface area contributed by atoms with Crippen LogP contribution in [0.4, 0.5) is 10.1 Å². The van der Waals surface area contributed by atoms with E-state index in [9.17, 15) is 23.6 Å². The Bertz CT molecular complexity index is 1180. The van der Waals surface area contributed by atoms with Crippen molar-refractivity contribution in [3.05, 3.63) is 102 Å². The minimum absolute atomic E-state index is 0.0789. The zero-order chi connectivity index (χ0) is 23.4. The molecule has 4 amide bonds. The van der Waals surface area contributed by atoms with Crippen LogP contribution in [0.1, 0.15) is 22.3 Å². The maximum absolute atomic E-state index is 13.3. The molecule has 1 fully saturated rings. The number of benzene rings is 3. The molecule has 1 unspecified atom stereocenters. The van der Waals surface area contributed by atoms with Crippen LogP contribution in [0.2, 0.25) is 0 Å². The molecule has 1 saturated heterocycles. The summed E-state index contributed by atoms with van der Waals surface area (Å²) in [5, 5.41) is 0.937. The Kier molecular flexibility index (Phi) is 6.26. The first-order valence-corrected chi connectivity index (χ1v) is 10.3. The van der Waals surface area contributed by atoms with Gasteiger partial charge in [0.1, 0.15) is 11.9 Å². The molecule has 3 aromatic carbocycles. The summed E-state index contributed by atoms with van der Waals surface area (Å²) in [7, 11) is 0. The minimum atomic E-state index is -1.23.